The quantitative estimate of drug-likeness (QED) is 0.323. The number of nitro benzene ring substituents is 1. The van der Waals surface area contributed by atoms with Crippen LogP contribution in [0.5, 0.6) is 0 Å². The van der Waals surface area contributed by atoms with Crippen LogP contribution in [0.3, 0.4) is 0 Å². The number of methoxy groups -OCH3 is 1. The second-order valence-electron chi connectivity index (χ2n) is 3.38. The molecule has 0 amide bonds. The average Bonchev–Trinajstić information content (AvgIpc) is 2.29. The Labute approximate surface area is 97.3 Å². The summed E-state index contributed by atoms with van der Waals surface area (Å²) >= 11 is 0. The van der Waals surface area contributed by atoms with Crippen LogP contribution in [0.2, 0.25) is 0 Å². The second-order valence-corrected chi connectivity index (χ2v) is 3.38. The SMILES string of the molecule is COCC(=O)CC(=O)c1ccc([N+](=O)[O-])cc1. The van der Waals surface area contributed by atoms with E-state index in [1.165, 1.54) is 31.4 Å². The zero-order valence-electron chi connectivity index (χ0n) is 9.21. The van der Waals surface area contributed by atoms with Crippen LogP contribution >= 0.6 is 0 Å². The van der Waals surface area contributed by atoms with Crippen molar-refractivity contribution in [2.45, 2.75) is 6.42 Å². The highest BCUT2D eigenvalue weighted by molar-refractivity contribution is 6.08. The topological polar surface area (TPSA) is 86.5 Å². The predicted octanol–water partition coefficient (Wildman–Crippen LogP) is 1.38. The summed E-state index contributed by atoms with van der Waals surface area (Å²) in [6.45, 7) is -0.112. The number of carbonyl (C=O) groups is 2. The molecule has 0 N–H and O–H groups in total. The second kappa shape index (κ2) is 5.86. The van der Waals surface area contributed by atoms with Crippen LogP contribution in [-0.2, 0) is 9.53 Å². The van der Waals surface area contributed by atoms with E-state index in [-0.39, 0.29) is 35.8 Å². The molecule has 0 fully saturated rings. The zero-order valence-corrected chi connectivity index (χ0v) is 9.21. The summed E-state index contributed by atoms with van der Waals surface area (Å²) < 4.78 is 4.60. The summed E-state index contributed by atoms with van der Waals surface area (Å²) in [5.74, 6) is -0.696. The third-order valence-corrected chi connectivity index (χ3v) is 2.06. The molecule has 0 aliphatic carbocycles. The Morgan fingerprint density at radius 3 is 2.35 bits per heavy atom. The Bertz CT molecular complexity index is 438. The number of carbonyl (C=O) groups excluding carboxylic acids is 2. The Balaban J connectivity index is 2.70. The first-order valence-corrected chi connectivity index (χ1v) is 4.83. The molecule has 1 aromatic rings. The van der Waals surface area contributed by atoms with E-state index in [0.29, 0.717) is 0 Å². The first-order chi connectivity index (χ1) is 8.04. The number of hydrogen-bond acceptors (Lipinski definition) is 5. The average molecular weight is 237 g/mol. The molecule has 1 rings (SSSR count). The van der Waals surface area contributed by atoms with E-state index in [9.17, 15) is 19.7 Å². The lowest BCUT2D eigenvalue weighted by molar-refractivity contribution is -0.384. The summed E-state index contributed by atoms with van der Waals surface area (Å²) in [6, 6.07) is 5.13. The number of ether oxygens (including phenoxy) is 1. The molecule has 0 atom stereocenters. The van der Waals surface area contributed by atoms with Crippen molar-refractivity contribution in [1.82, 2.24) is 0 Å². The maximum absolute atomic E-state index is 11.6. The zero-order chi connectivity index (χ0) is 12.8. The number of nitrogens with zero attached hydrogens (tertiary/aromatic N) is 1. The minimum atomic E-state index is -0.551. The molecule has 0 bridgehead atoms. The van der Waals surface area contributed by atoms with Crippen molar-refractivity contribution < 1.29 is 19.2 Å². The van der Waals surface area contributed by atoms with Gasteiger partial charge in [0.15, 0.2) is 11.6 Å². The molecule has 6 heteroatoms. The monoisotopic (exact) mass is 237 g/mol. The molecule has 0 aliphatic heterocycles. The summed E-state index contributed by atoms with van der Waals surface area (Å²) in [5, 5.41) is 10.4. The number of hydrogen-bond donors (Lipinski definition) is 0. The van der Waals surface area contributed by atoms with Crippen LogP contribution in [-0.4, -0.2) is 30.2 Å². The van der Waals surface area contributed by atoms with Gasteiger partial charge in [-0.2, -0.15) is 0 Å². The van der Waals surface area contributed by atoms with Crippen molar-refractivity contribution in [2.24, 2.45) is 0 Å². The van der Waals surface area contributed by atoms with E-state index >= 15 is 0 Å². The highest BCUT2D eigenvalue weighted by atomic mass is 16.6. The van der Waals surface area contributed by atoms with Gasteiger partial charge < -0.3 is 4.74 Å². The number of benzene rings is 1. The fourth-order valence-electron chi connectivity index (χ4n) is 1.26. The standard InChI is InChI=1S/C11H11NO5/c1-17-7-10(13)6-11(14)8-2-4-9(5-3-8)12(15)16/h2-5H,6-7H2,1H3. The molecule has 90 valence electrons. The molecule has 0 saturated carbocycles. The summed E-state index contributed by atoms with van der Waals surface area (Å²) in [5.41, 5.74) is 0.185. The van der Waals surface area contributed by atoms with E-state index in [1.54, 1.807) is 0 Å². The maximum atomic E-state index is 11.6. The molecule has 0 spiro atoms. The predicted molar refractivity (Wildman–Crippen MR) is 58.9 cm³/mol. The molecule has 17 heavy (non-hydrogen) atoms. The minimum Gasteiger partial charge on any atom is -0.377 e. The van der Waals surface area contributed by atoms with Gasteiger partial charge in [-0.15, -0.1) is 0 Å². The fraction of sp³-hybridized carbons (Fsp3) is 0.273. The van der Waals surface area contributed by atoms with Crippen molar-refractivity contribution in [3.05, 3.63) is 39.9 Å². The van der Waals surface area contributed by atoms with Crippen LogP contribution in [0, 0.1) is 10.1 Å². The lowest BCUT2D eigenvalue weighted by atomic mass is 10.1. The van der Waals surface area contributed by atoms with Gasteiger partial charge in [-0.25, -0.2) is 0 Å². The van der Waals surface area contributed by atoms with E-state index in [1.807, 2.05) is 0 Å². The molecule has 0 saturated heterocycles. The smallest absolute Gasteiger partial charge is 0.269 e. The molecule has 0 aliphatic rings. The normalized spacial score (nSPS) is 9.94. The van der Waals surface area contributed by atoms with Crippen molar-refractivity contribution in [2.75, 3.05) is 13.7 Å². The van der Waals surface area contributed by atoms with Gasteiger partial charge in [0.25, 0.3) is 5.69 Å². The molecule has 0 unspecified atom stereocenters. The Kier molecular flexibility index (Phi) is 4.47. The molecule has 0 aromatic heterocycles. The molecule has 0 heterocycles. The molecular weight excluding hydrogens is 226 g/mol. The number of Topliss-reactive ketones (excluding diaryl/α,β-unsaturated/α-hetero) is 2. The number of non-ortho nitro benzene ring substituents is 1. The van der Waals surface area contributed by atoms with E-state index in [4.69, 9.17) is 0 Å². The van der Waals surface area contributed by atoms with Gasteiger partial charge in [0.1, 0.15) is 6.61 Å². The highest BCUT2D eigenvalue weighted by Gasteiger charge is 2.13. The van der Waals surface area contributed by atoms with Gasteiger partial charge in [0.2, 0.25) is 0 Å². The number of ketones is 2. The Morgan fingerprint density at radius 1 is 1.29 bits per heavy atom. The van der Waals surface area contributed by atoms with Gasteiger partial charge in [0.05, 0.1) is 11.3 Å². The Hall–Kier alpha value is -2.08. The van der Waals surface area contributed by atoms with E-state index in [0.717, 1.165) is 0 Å². The lowest BCUT2D eigenvalue weighted by Gasteiger charge is -2.00. The maximum Gasteiger partial charge on any atom is 0.269 e. The summed E-state index contributed by atoms with van der Waals surface area (Å²) in [4.78, 5) is 32.6. The summed E-state index contributed by atoms with van der Waals surface area (Å²) in [7, 11) is 1.37. The van der Waals surface area contributed by atoms with Crippen LogP contribution in [0.1, 0.15) is 16.8 Å². The van der Waals surface area contributed by atoms with Gasteiger partial charge in [-0.05, 0) is 12.1 Å². The highest BCUT2D eigenvalue weighted by Crippen LogP contribution is 2.13. The van der Waals surface area contributed by atoms with Crippen molar-refractivity contribution in [3.8, 4) is 0 Å². The van der Waals surface area contributed by atoms with Crippen LogP contribution in [0.25, 0.3) is 0 Å². The van der Waals surface area contributed by atoms with Crippen LogP contribution in [0.15, 0.2) is 24.3 Å². The first-order valence-electron chi connectivity index (χ1n) is 4.83. The number of rotatable bonds is 6. The van der Waals surface area contributed by atoms with Gasteiger partial charge >= 0.3 is 0 Å². The minimum absolute atomic E-state index is 0.0928. The summed E-state index contributed by atoms with van der Waals surface area (Å²) in [6.07, 6.45) is -0.258. The lowest BCUT2D eigenvalue weighted by Crippen LogP contribution is -2.12. The molecule has 6 nitrogen and oxygen atoms in total. The molecular formula is C11H11NO5. The van der Waals surface area contributed by atoms with Crippen molar-refractivity contribution in [1.29, 1.82) is 0 Å². The Morgan fingerprint density at radius 2 is 1.88 bits per heavy atom. The third kappa shape index (κ3) is 3.76. The van der Waals surface area contributed by atoms with Gasteiger partial charge in [-0.1, -0.05) is 0 Å². The fourth-order valence-corrected chi connectivity index (χ4v) is 1.26. The van der Waals surface area contributed by atoms with E-state index in [2.05, 4.69) is 4.74 Å². The van der Waals surface area contributed by atoms with Gasteiger partial charge in [-0.3, -0.25) is 19.7 Å². The van der Waals surface area contributed by atoms with Crippen molar-refractivity contribution >= 4 is 17.3 Å². The van der Waals surface area contributed by atoms with E-state index < -0.39 is 4.92 Å². The third-order valence-electron chi connectivity index (χ3n) is 2.06. The molecule has 1 aromatic carbocycles. The van der Waals surface area contributed by atoms with Crippen LogP contribution in [0.4, 0.5) is 5.69 Å². The number of nitro groups is 1. The van der Waals surface area contributed by atoms with Crippen LogP contribution < -0.4 is 0 Å². The van der Waals surface area contributed by atoms with Gasteiger partial charge in [0, 0.05) is 24.8 Å². The first kappa shape index (κ1) is 13.0. The van der Waals surface area contributed by atoms with Crippen molar-refractivity contribution in [3.63, 3.8) is 0 Å². The largest absolute Gasteiger partial charge is 0.377 e. The molecule has 0 radical (unpaired) electrons.